The van der Waals surface area contributed by atoms with Gasteiger partial charge in [-0.2, -0.15) is 0 Å². The number of primary amides is 2. The summed E-state index contributed by atoms with van der Waals surface area (Å²) in [6, 6.07) is 0. The van der Waals surface area contributed by atoms with Crippen LogP contribution in [0.15, 0.2) is 0 Å². The van der Waals surface area contributed by atoms with Gasteiger partial charge in [0.15, 0.2) is 0 Å². The average molecular weight is 198 g/mol. The van der Waals surface area contributed by atoms with Crippen LogP contribution in [0.25, 0.3) is 0 Å². The van der Waals surface area contributed by atoms with Crippen molar-refractivity contribution in [2.24, 2.45) is 16.9 Å². The van der Waals surface area contributed by atoms with Gasteiger partial charge in [0.1, 0.15) is 5.41 Å². The van der Waals surface area contributed by atoms with Crippen LogP contribution in [-0.4, -0.2) is 11.8 Å². The highest BCUT2D eigenvalue weighted by molar-refractivity contribution is 6.03. The normalized spacial score (nSPS) is 22.0. The highest BCUT2D eigenvalue weighted by atomic mass is 16.2. The lowest BCUT2D eigenvalue weighted by molar-refractivity contribution is -0.141. The molecule has 0 aliphatic heterocycles. The van der Waals surface area contributed by atoms with Crippen LogP contribution in [0.2, 0.25) is 0 Å². The molecular formula is C10H18N2O2. The molecule has 1 saturated carbocycles. The van der Waals surface area contributed by atoms with Crippen LogP contribution in [0.1, 0.15) is 44.9 Å². The summed E-state index contributed by atoms with van der Waals surface area (Å²) in [4.78, 5) is 22.6. The lowest BCUT2D eigenvalue weighted by atomic mass is 9.75. The third kappa shape index (κ3) is 2.05. The quantitative estimate of drug-likeness (QED) is 0.639. The molecule has 1 rings (SSSR count). The Bertz CT molecular complexity index is 214. The van der Waals surface area contributed by atoms with Crippen LogP contribution in [0.4, 0.5) is 0 Å². The minimum Gasteiger partial charge on any atom is -0.369 e. The number of hydrogen-bond donors (Lipinski definition) is 2. The fraction of sp³-hybridized carbons (Fsp3) is 0.800. The van der Waals surface area contributed by atoms with E-state index in [9.17, 15) is 9.59 Å². The zero-order valence-electron chi connectivity index (χ0n) is 8.42. The van der Waals surface area contributed by atoms with Crippen LogP contribution in [0, 0.1) is 5.41 Å². The molecule has 80 valence electrons. The summed E-state index contributed by atoms with van der Waals surface area (Å²) in [7, 11) is 0. The molecule has 0 aromatic carbocycles. The molecular weight excluding hydrogens is 180 g/mol. The Morgan fingerprint density at radius 2 is 1.14 bits per heavy atom. The van der Waals surface area contributed by atoms with Crippen LogP contribution in [-0.2, 0) is 9.59 Å². The minimum absolute atomic E-state index is 0.525. The molecule has 0 atom stereocenters. The van der Waals surface area contributed by atoms with E-state index in [1.165, 1.54) is 6.42 Å². The van der Waals surface area contributed by atoms with Gasteiger partial charge in [0, 0.05) is 0 Å². The molecule has 1 aliphatic carbocycles. The molecule has 4 nitrogen and oxygen atoms in total. The molecule has 0 aromatic heterocycles. The molecule has 0 aromatic rings. The molecule has 0 radical (unpaired) electrons. The molecule has 4 N–H and O–H groups in total. The fourth-order valence-electron chi connectivity index (χ4n) is 2.12. The number of carbonyl (C=O) groups is 2. The van der Waals surface area contributed by atoms with Gasteiger partial charge < -0.3 is 11.5 Å². The molecule has 14 heavy (non-hydrogen) atoms. The Kier molecular flexibility index (Phi) is 3.49. The third-order valence-electron chi connectivity index (χ3n) is 3.15. The Morgan fingerprint density at radius 3 is 1.50 bits per heavy atom. The van der Waals surface area contributed by atoms with Gasteiger partial charge in [0.2, 0.25) is 11.8 Å². The van der Waals surface area contributed by atoms with E-state index in [1.54, 1.807) is 0 Å². The Labute approximate surface area is 84.0 Å². The Balaban J connectivity index is 2.81. The second kappa shape index (κ2) is 4.44. The number of carbonyl (C=O) groups excluding carboxylic acids is 2. The van der Waals surface area contributed by atoms with Crippen molar-refractivity contribution in [2.75, 3.05) is 0 Å². The van der Waals surface area contributed by atoms with Gasteiger partial charge in [-0.05, 0) is 12.8 Å². The monoisotopic (exact) mass is 198 g/mol. The van der Waals surface area contributed by atoms with Crippen molar-refractivity contribution in [3.8, 4) is 0 Å². The van der Waals surface area contributed by atoms with Crippen molar-refractivity contribution in [3.63, 3.8) is 0 Å². The smallest absolute Gasteiger partial charge is 0.233 e. The van der Waals surface area contributed by atoms with E-state index in [2.05, 4.69) is 0 Å². The zero-order chi connectivity index (χ0) is 10.6. The van der Waals surface area contributed by atoms with Crippen molar-refractivity contribution < 1.29 is 9.59 Å². The van der Waals surface area contributed by atoms with Gasteiger partial charge in [-0.25, -0.2) is 0 Å². The standard InChI is InChI=1S/C10H18N2O2/c11-8(13)10(9(12)14)6-4-2-1-3-5-7-10/h1-7H2,(H2,11,13)(H2,12,14). The molecule has 0 unspecified atom stereocenters. The van der Waals surface area contributed by atoms with Gasteiger partial charge in [0.25, 0.3) is 0 Å². The Morgan fingerprint density at radius 1 is 0.786 bits per heavy atom. The summed E-state index contributed by atoms with van der Waals surface area (Å²) < 4.78 is 0. The van der Waals surface area contributed by atoms with Crippen molar-refractivity contribution in [3.05, 3.63) is 0 Å². The van der Waals surface area contributed by atoms with E-state index in [0.717, 1.165) is 25.7 Å². The number of hydrogen-bond acceptors (Lipinski definition) is 2. The van der Waals surface area contributed by atoms with E-state index < -0.39 is 17.2 Å². The van der Waals surface area contributed by atoms with Crippen molar-refractivity contribution in [1.29, 1.82) is 0 Å². The maximum absolute atomic E-state index is 11.3. The maximum atomic E-state index is 11.3. The summed E-state index contributed by atoms with van der Waals surface area (Å²) in [5, 5.41) is 0. The first-order valence-electron chi connectivity index (χ1n) is 5.19. The van der Waals surface area contributed by atoms with Gasteiger partial charge >= 0.3 is 0 Å². The van der Waals surface area contributed by atoms with Crippen LogP contribution < -0.4 is 11.5 Å². The van der Waals surface area contributed by atoms with Gasteiger partial charge in [0.05, 0.1) is 0 Å². The van der Waals surface area contributed by atoms with Gasteiger partial charge in [-0.1, -0.05) is 32.1 Å². The summed E-state index contributed by atoms with van der Waals surface area (Å²) in [6.45, 7) is 0. The largest absolute Gasteiger partial charge is 0.369 e. The molecule has 0 bridgehead atoms. The van der Waals surface area contributed by atoms with E-state index in [1.807, 2.05) is 0 Å². The molecule has 0 spiro atoms. The molecule has 0 saturated heterocycles. The minimum atomic E-state index is -1.07. The summed E-state index contributed by atoms with van der Waals surface area (Å²) in [5.74, 6) is -1.10. The van der Waals surface area contributed by atoms with Gasteiger partial charge in [-0.3, -0.25) is 9.59 Å². The topological polar surface area (TPSA) is 86.2 Å². The van der Waals surface area contributed by atoms with E-state index in [4.69, 9.17) is 11.5 Å². The summed E-state index contributed by atoms with van der Waals surface area (Å²) in [6.07, 6.45) is 6.07. The van der Waals surface area contributed by atoms with E-state index in [-0.39, 0.29) is 0 Å². The first kappa shape index (κ1) is 11.0. The summed E-state index contributed by atoms with van der Waals surface area (Å²) in [5.41, 5.74) is 9.50. The average Bonchev–Trinajstić information content (AvgIpc) is 2.02. The fourth-order valence-corrected chi connectivity index (χ4v) is 2.12. The number of nitrogens with two attached hydrogens (primary N) is 2. The highest BCUT2D eigenvalue weighted by Crippen LogP contribution is 2.33. The van der Waals surface area contributed by atoms with Crippen LogP contribution >= 0.6 is 0 Å². The molecule has 1 aliphatic rings. The second-order valence-electron chi connectivity index (χ2n) is 4.08. The Hall–Kier alpha value is -1.06. The second-order valence-corrected chi connectivity index (χ2v) is 4.08. The van der Waals surface area contributed by atoms with Crippen molar-refractivity contribution in [1.82, 2.24) is 0 Å². The predicted molar refractivity (Wildman–Crippen MR) is 53.1 cm³/mol. The van der Waals surface area contributed by atoms with Crippen LogP contribution in [0.5, 0.6) is 0 Å². The lowest BCUT2D eigenvalue weighted by Gasteiger charge is -2.28. The first-order chi connectivity index (χ1) is 6.59. The van der Waals surface area contributed by atoms with Crippen LogP contribution in [0.3, 0.4) is 0 Å². The third-order valence-corrected chi connectivity index (χ3v) is 3.15. The molecule has 0 heterocycles. The summed E-state index contributed by atoms with van der Waals surface area (Å²) >= 11 is 0. The number of rotatable bonds is 2. The van der Waals surface area contributed by atoms with Gasteiger partial charge in [-0.15, -0.1) is 0 Å². The number of amides is 2. The van der Waals surface area contributed by atoms with E-state index >= 15 is 0 Å². The SMILES string of the molecule is NC(=O)C1(C(N)=O)CCCCCCC1. The first-order valence-corrected chi connectivity index (χ1v) is 5.19. The predicted octanol–water partition coefficient (Wildman–Crippen LogP) is 0.688. The highest BCUT2D eigenvalue weighted by Gasteiger charge is 2.41. The van der Waals surface area contributed by atoms with E-state index in [0.29, 0.717) is 12.8 Å². The lowest BCUT2D eigenvalue weighted by Crippen LogP contribution is -2.48. The zero-order valence-corrected chi connectivity index (χ0v) is 8.42. The van der Waals surface area contributed by atoms with Crippen molar-refractivity contribution in [2.45, 2.75) is 44.9 Å². The maximum Gasteiger partial charge on any atom is 0.233 e. The molecule has 2 amide bonds. The molecule has 4 heteroatoms. The molecule has 1 fully saturated rings. The van der Waals surface area contributed by atoms with Crippen molar-refractivity contribution >= 4 is 11.8 Å².